The average Bonchev–Trinajstić information content (AvgIpc) is 2.04. The lowest BCUT2D eigenvalue weighted by molar-refractivity contribution is -0.138. The van der Waals surface area contributed by atoms with Crippen molar-refractivity contribution in [1.29, 1.82) is 0 Å². The fourth-order valence-corrected chi connectivity index (χ4v) is 2.42. The number of fused-ring (bicyclic) bond motifs is 2. The second kappa shape index (κ2) is 3.44. The van der Waals surface area contributed by atoms with Gasteiger partial charge in [0.15, 0.2) is 0 Å². The highest BCUT2D eigenvalue weighted by atomic mass is 16.5. The summed E-state index contributed by atoms with van der Waals surface area (Å²) >= 11 is 0. The Labute approximate surface area is 72.7 Å². The van der Waals surface area contributed by atoms with E-state index in [0.29, 0.717) is 6.47 Å². The van der Waals surface area contributed by atoms with Gasteiger partial charge in [-0.25, -0.2) is 0 Å². The first-order chi connectivity index (χ1) is 5.88. The molecule has 0 aromatic heterocycles. The molecule has 3 atom stereocenters. The van der Waals surface area contributed by atoms with Gasteiger partial charge in [-0.15, -0.1) is 0 Å². The highest BCUT2D eigenvalue weighted by Crippen LogP contribution is 2.27. The Morgan fingerprint density at radius 3 is 3.08 bits per heavy atom. The monoisotopic (exact) mass is 169 g/mol. The third-order valence-corrected chi connectivity index (χ3v) is 2.91. The summed E-state index contributed by atoms with van der Waals surface area (Å²) in [7, 11) is 0. The van der Waals surface area contributed by atoms with Crippen LogP contribution in [0.4, 0.5) is 0 Å². The number of hydrogen-bond donors (Lipinski definition) is 0. The number of ether oxygens (including phenoxy) is 1. The molecule has 0 aromatic rings. The smallest absolute Gasteiger partial charge is 0.293 e. The zero-order valence-electron chi connectivity index (χ0n) is 7.24. The molecule has 0 aromatic carbocycles. The van der Waals surface area contributed by atoms with Crippen molar-refractivity contribution in [3.05, 3.63) is 0 Å². The fraction of sp³-hybridized carbons (Fsp3) is 0.889. The molecule has 2 aliphatic heterocycles. The van der Waals surface area contributed by atoms with Gasteiger partial charge in [-0.2, -0.15) is 0 Å². The number of carbonyl (C=O) groups excluding carboxylic acids is 1. The van der Waals surface area contributed by atoms with Crippen LogP contribution < -0.4 is 0 Å². The van der Waals surface area contributed by atoms with Crippen LogP contribution in [-0.2, 0) is 9.53 Å². The Morgan fingerprint density at radius 1 is 1.42 bits per heavy atom. The predicted octanol–water partition coefficient (Wildman–Crippen LogP) is 0.644. The number of nitrogens with zero attached hydrogens (tertiary/aromatic N) is 1. The largest absolute Gasteiger partial charge is 0.463 e. The molecule has 68 valence electrons. The van der Waals surface area contributed by atoms with Crippen LogP contribution in [0.5, 0.6) is 0 Å². The lowest BCUT2D eigenvalue weighted by atomic mass is 9.88. The minimum absolute atomic E-state index is 0.168. The van der Waals surface area contributed by atoms with Crippen molar-refractivity contribution >= 4 is 6.47 Å². The average molecular weight is 169 g/mol. The summed E-state index contributed by atoms with van der Waals surface area (Å²) < 4.78 is 5.00. The summed E-state index contributed by atoms with van der Waals surface area (Å²) in [5.41, 5.74) is 0. The molecule has 0 saturated carbocycles. The summed E-state index contributed by atoms with van der Waals surface area (Å²) in [4.78, 5) is 12.6. The van der Waals surface area contributed by atoms with Gasteiger partial charge in [0, 0.05) is 13.1 Å². The van der Waals surface area contributed by atoms with Gasteiger partial charge >= 0.3 is 0 Å². The number of rotatable bonds is 2. The van der Waals surface area contributed by atoms with E-state index in [1.807, 2.05) is 0 Å². The maximum absolute atomic E-state index is 10.2. The quantitative estimate of drug-likeness (QED) is 0.568. The molecule has 2 heterocycles. The summed E-state index contributed by atoms with van der Waals surface area (Å²) in [5.74, 6) is 0.775. The van der Waals surface area contributed by atoms with Crippen molar-refractivity contribution in [2.45, 2.75) is 25.4 Å². The van der Waals surface area contributed by atoms with E-state index < -0.39 is 0 Å². The summed E-state index contributed by atoms with van der Waals surface area (Å²) in [6.07, 6.45) is 3.88. The molecule has 2 rings (SSSR count). The molecule has 0 amide bonds. The number of carbonyl (C=O) groups is 1. The lowest BCUT2D eigenvalue weighted by Gasteiger charge is -2.40. The van der Waals surface area contributed by atoms with E-state index in [0.717, 1.165) is 18.9 Å². The van der Waals surface area contributed by atoms with E-state index >= 15 is 0 Å². The molecular formula is C9H15NO2. The van der Waals surface area contributed by atoms with Crippen molar-refractivity contribution in [2.75, 3.05) is 19.6 Å². The minimum Gasteiger partial charge on any atom is -0.463 e. The Hall–Kier alpha value is -0.570. The van der Waals surface area contributed by atoms with E-state index in [9.17, 15) is 4.79 Å². The topological polar surface area (TPSA) is 29.5 Å². The predicted molar refractivity (Wildman–Crippen MR) is 44.7 cm³/mol. The molecule has 0 N–H and O–H groups in total. The first-order valence-corrected chi connectivity index (χ1v) is 4.70. The van der Waals surface area contributed by atoms with Crippen molar-refractivity contribution in [1.82, 2.24) is 4.90 Å². The van der Waals surface area contributed by atoms with Gasteiger partial charge < -0.3 is 4.74 Å². The summed E-state index contributed by atoms with van der Waals surface area (Å²) in [5, 5.41) is 0. The van der Waals surface area contributed by atoms with Gasteiger partial charge in [0.05, 0.1) is 0 Å². The highest BCUT2D eigenvalue weighted by molar-refractivity contribution is 5.37. The van der Waals surface area contributed by atoms with Crippen LogP contribution in [0, 0.1) is 5.92 Å². The molecule has 3 unspecified atom stereocenters. The number of hydrogen-bond acceptors (Lipinski definition) is 3. The Morgan fingerprint density at radius 2 is 2.33 bits per heavy atom. The van der Waals surface area contributed by atoms with Crippen molar-refractivity contribution in [2.24, 2.45) is 5.92 Å². The summed E-state index contributed by atoms with van der Waals surface area (Å²) in [6.45, 7) is 3.95. The second-order valence-electron chi connectivity index (χ2n) is 3.86. The van der Waals surface area contributed by atoms with Gasteiger partial charge in [0.2, 0.25) is 0 Å². The molecule has 0 radical (unpaired) electrons. The molecule has 2 fully saturated rings. The zero-order valence-corrected chi connectivity index (χ0v) is 7.24. The zero-order chi connectivity index (χ0) is 8.39. The first-order valence-electron chi connectivity index (χ1n) is 4.70. The maximum atomic E-state index is 10.2. The van der Waals surface area contributed by atoms with Crippen molar-refractivity contribution in [3.63, 3.8) is 0 Å². The van der Waals surface area contributed by atoms with E-state index in [4.69, 9.17) is 4.74 Å². The minimum atomic E-state index is 0.168. The molecule has 2 bridgehead atoms. The third kappa shape index (κ3) is 1.61. The van der Waals surface area contributed by atoms with Crippen LogP contribution in [0.25, 0.3) is 0 Å². The van der Waals surface area contributed by atoms with Crippen LogP contribution in [0.15, 0.2) is 0 Å². The van der Waals surface area contributed by atoms with Gasteiger partial charge in [-0.1, -0.05) is 0 Å². The Balaban J connectivity index is 1.91. The molecule has 0 aliphatic carbocycles. The SMILES string of the molecule is O=COC1CC2CCCN(C2)C1. The highest BCUT2D eigenvalue weighted by Gasteiger charge is 2.30. The molecular weight excluding hydrogens is 154 g/mol. The molecule has 3 nitrogen and oxygen atoms in total. The molecule has 0 spiro atoms. The van der Waals surface area contributed by atoms with Crippen LogP contribution in [0.1, 0.15) is 19.3 Å². The van der Waals surface area contributed by atoms with Crippen LogP contribution in [0.2, 0.25) is 0 Å². The second-order valence-corrected chi connectivity index (χ2v) is 3.86. The van der Waals surface area contributed by atoms with Gasteiger partial charge in [0.25, 0.3) is 6.47 Å². The van der Waals surface area contributed by atoms with Crippen molar-refractivity contribution < 1.29 is 9.53 Å². The molecule has 3 heteroatoms. The van der Waals surface area contributed by atoms with Crippen LogP contribution >= 0.6 is 0 Å². The van der Waals surface area contributed by atoms with E-state index in [1.54, 1.807) is 0 Å². The van der Waals surface area contributed by atoms with Crippen LogP contribution in [-0.4, -0.2) is 37.1 Å². The van der Waals surface area contributed by atoms with E-state index in [-0.39, 0.29) is 6.10 Å². The first kappa shape index (κ1) is 8.05. The normalized spacial score (nSPS) is 40.5. The molecule has 2 saturated heterocycles. The number of piperidine rings is 2. The maximum Gasteiger partial charge on any atom is 0.293 e. The fourth-order valence-electron chi connectivity index (χ4n) is 2.42. The lowest BCUT2D eigenvalue weighted by Crippen LogP contribution is -2.47. The van der Waals surface area contributed by atoms with Crippen molar-refractivity contribution in [3.8, 4) is 0 Å². The third-order valence-electron chi connectivity index (χ3n) is 2.91. The Bertz CT molecular complexity index is 160. The van der Waals surface area contributed by atoms with E-state index in [1.165, 1.54) is 25.9 Å². The van der Waals surface area contributed by atoms with Crippen LogP contribution in [0.3, 0.4) is 0 Å². The van der Waals surface area contributed by atoms with Gasteiger partial charge in [-0.3, -0.25) is 9.69 Å². The Kier molecular flexibility index (Phi) is 2.30. The van der Waals surface area contributed by atoms with Gasteiger partial charge in [-0.05, 0) is 31.7 Å². The van der Waals surface area contributed by atoms with E-state index in [2.05, 4.69) is 4.90 Å². The summed E-state index contributed by atoms with van der Waals surface area (Å²) in [6, 6.07) is 0. The van der Waals surface area contributed by atoms with Gasteiger partial charge in [0.1, 0.15) is 6.10 Å². The molecule has 12 heavy (non-hydrogen) atoms. The standard InChI is InChI=1S/C9H15NO2/c11-7-12-9-4-8-2-1-3-10(5-8)6-9/h7-9H,1-6H2. The molecule has 2 aliphatic rings.